The summed E-state index contributed by atoms with van der Waals surface area (Å²) >= 11 is 8.80. The van der Waals surface area contributed by atoms with Gasteiger partial charge in [-0.3, -0.25) is 4.79 Å². The van der Waals surface area contributed by atoms with Crippen molar-refractivity contribution in [2.45, 2.75) is 36.4 Å². The SMILES string of the molecule is Cc1c(Cl)ccc2sc(=NC(=O)C3CCCCN3S(=O)(=O)c3cccs3)n(C)c12. The van der Waals surface area contributed by atoms with Crippen molar-refractivity contribution in [3.63, 3.8) is 0 Å². The van der Waals surface area contributed by atoms with E-state index in [4.69, 9.17) is 11.6 Å². The Kier molecular flexibility index (Phi) is 5.69. The number of sulfonamides is 1. The van der Waals surface area contributed by atoms with Crippen LogP contribution in [0.15, 0.2) is 38.8 Å². The lowest BCUT2D eigenvalue weighted by Gasteiger charge is -2.31. The van der Waals surface area contributed by atoms with Gasteiger partial charge in [-0.15, -0.1) is 11.3 Å². The van der Waals surface area contributed by atoms with Crippen LogP contribution < -0.4 is 4.80 Å². The van der Waals surface area contributed by atoms with Gasteiger partial charge < -0.3 is 4.57 Å². The zero-order valence-corrected chi connectivity index (χ0v) is 19.2. The highest BCUT2D eigenvalue weighted by molar-refractivity contribution is 7.91. The lowest BCUT2D eigenvalue weighted by molar-refractivity contribution is -0.122. The van der Waals surface area contributed by atoms with E-state index < -0.39 is 22.0 Å². The molecule has 0 aliphatic carbocycles. The van der Waals surface area contributed by atoms with Crippen LogP contribution in [0.4, 0.5) is 0 Å². The Hall–Kier alpha value is -1.52. The fourth-order valence-corrected chi connectivity index (χ4v) is 7.65. The number of hydrogen-bond acceptors (Lipinski definition) is 5. The van der Waals surface area contributed by atoms with Crippen molar-refractivity contribution < 1.29 is 13.2 Å². The fourth-order valence-electron chi connectivity index (χ4n) is 3.64. The van der Waals surface area contributed by atoms with Crippen LogP contribution in [0.3, 0.4) is 0 Å². The zero-order chi connectivity index (χ0) is 20.8. The highest BCUT2D eigenvalue weighted by atomic mass is 35.5. The minimum Gasteiger partial charge on any atom is -0.319 e. The molecule has 154 valence electrons. The van der Waals surface area contributed by atoms with Crippen molar-refractivity contribution in [2.75, 3.05) is 6.54 Å². The fraction of sp³-hybridized carbons (Fsp3) is 0.368. The van der Waals surface area contributed by atoms with Crippen LogP contribution in [0.25, 0.3) is 10.2 Å². The summed E-state index contributed by atoms with van der Waals surface area (Å²) < 4.78 is 30.5. The molecule has 3 heterocycles. The maximum atomic E-state index is 13.1. The van der Waals surface area contributed by atoms with Crippen LogP contribution in [0, 0.1) is 6.92 Å². The Morgan fingerprint density at radius 3 is 2.79 bits per heavy atom. The molecule has 4 rings (SSSR count). The van der Waals surface area contributed by atoms with Gasteiger partial charge in [-0.05, 0) is 48.9 Å². The summed E-state index contributed by atoms with van der Waals surface area (Å²) in [4.78, 5) is 17.9. The quantitative estimate of drug-likeness (QED) is 0.583. The second-order valence-corrected chi connectivity index (χ2v) is 11.5. The standard InChI is InChI=1S/C19H20ClN3O3S3/c1-12-13(20)8-9-15-17(12)22(2)19(28-15)21-18(24)14-6-3-4-10-23(14)29(25,26)16-7-5-11-27-16/h5,7-9,11,14H,3-4,6,10H2,1-2H3. The summed E-state index contributed by atoms with van der Waals surface area (Å²) in [5.41, 5.74) is 1.86. The molecule has 0 saturated carbocycles. The van der Waals surface area contributed by atoms with Crippen LogP contribution in [-0.2, 0) is 21.9 Å². The molecule has 10 heteroatoms. The van der Waals surface area contributed by atoms with Crippen molar-refractivity contribution in [1.82, 2.24) is 8.87 Å². The maximum absolute atomic E-state index is 13.1. The number of carbonyl (C=O) groups is 1. The third-order valence-electron chi connectivity index (χ3n) is 5.15. The maximum Gasteiger partial charge on any atom is 0.266 e. The average Bonchev–Trinajstić information content (AvgIpc) is 3.35. The van der Waals surface area contributed by atoms with Crippen molar-refractivity contribution in [1.29, 1.82) is 0 Å². The normalized spacial score (nSPS) is 19.1. The number of thiazole rings is 1. The van der Waals surface area contributed by atoms with Gasteiger partial charge >= 0.3 is 0 Å². The Labute approximate surface area is 182 Å². The van der Waals surface area contributed by atoms with Gasteiger partial charge in [0.15, 0.2) is 4.80 Å². The first-order chi connectivity index (χ1) is 13.8. The summed E-state index contributed by atoms with van der Waals surface area (Å²) in [6, 6.07) is 6.25. The van der Waals surface area contributed by atoms with Crippen LogP contribution >= 0.6 is 34.3 Å². The molecule has 0 N–H and O–H groups in total. The number of carbonyl (C=O) groups excluding carboxylic acids is 1. The minimum atomic E-state index is -3.70. The summed E-state index contributed by atoms with van der Waals surface area (Å²) in [6.45, 7) is 2.26. The molecule has 1 aromatic carbocycles. The number of rotatable bonds is 3. The van der Waals surface area contributed by atoms with E-state index in [1.54, 1.807) is 17.5 Å². The lowest BCUT2D eigenvalue weighted by atomic mass is 10.0. The van der Waals surface area contributed by atoms with Crippen molar-refractivity contribution in [2.24, 2.45) is 12.0 Å². The Morgan fingerprint density at radius 1 is 1.28 bits per heavy atom. The molecule has 1 unspecified atom stereocenters. The molecule has 1 saturated heterocycles. The summed E-state index contributed by atoms with van der Waals surface area (Å²) in [7, 11) is -1.86. The molecule has 1 atom stereocenters. The Morgan fingerprint density at radius 2 is 2.07 bits per heavy atom. The first-order valence-corrected chi connectivity index (χ1v) is 12.7. The molecule has 6 nitrogen and oxygen atoms in total. The third-order valence-corrected chi connectivity index (χ3v) is 9.94. The molecule has 0 radical (unpaired) electrons. The largest absolute Gasteiger partial charge is 0.319 e. The molecule has 29 heavy (non-hydrogen) atoms. The van der Waals surface area contributed by atoms with Gasteiger partial charge in [0.05, 0.1) is 10.2 Å². The molecule has 1 fully saturated rings. The third kappa shape index (κ3) is 3.70. The second kappa shape index (κ2) is 7.96. The minimum absolute atomic E-state index is 0.259. The van der Waals surface area contributed by atoms with E-state index in [1.165, 1.54) is 15.6 Å². The van der Waals surface area contributed by atoms with Crippen LogP contribution in [-0.4, -0.2) is 35.8 Å². The van der Waals surface area contributed by atoms with Gasteiger partial charge in [0.1, 0.15) is 10.3 Å². The molecular formula is C19H20ClN3O3S3. The number of hydrogen-bond donors (Lipinski definition) is 0. The monoisotopic (exact) mass is 469 g/mol. The van der Waals surface area contributed by atoms with Crippen molar-refractivity contribution >= 4 is 60.4 Å². The summed E-state index contributed by atoms with van der Waals surface area (Å²) in [5.74, 6) is -0.421. The number of thiophene rings is 1. The Balaban J connectivity index is 1.74. The number of aryl methyl sites for hydroxylation is 2. The van der Waals surface area contributed by atoms with Crippen molar-refractivity contribution in [3.05, 3.63) is 45.0 Å². The molecule has 0 spiro atoms. The lowest BCUT2D eigenvalue weighted by Crippen LogP contribution is -2.47. The number of aromatic nitrogens is 1. The van der Waals surface area contributed by atoms with Crippen molar-refractivity contribution in [3.8, 4) is 0 Å². The van der Waals surface area contributed by atoms with Crippen LogP contribution in [0.5, 0.6) is 0 Å². The van der Waals surface area contributed by atoms with Gasteiger partial charge in [0, 0.05) is 18.6 Å². The number of halogens is 1. The Bertz CT molecular complexity index is 1240. The van der Waals surface area contributed by atoms with Crippen LogP contribution in [0.1, 0.15) is 24.8 Å². The number of amides is 1. The molecule has 1 aliphatic heterocycles. The van der Waals surface area contributed by atoms with E-state index in [-0.39, 0.29) is 4.21 Å². The van der Waals surface area contributed by atoms with E-state index in [9.17, 15) is 13.2 Å². The van der Waals surface area contributed by atoms with E-state index in [0.29, 0.717) is 22.8 Å². The smallest absolute Gasteiger partial charge is 0.266 e. The number of benzene rings is 1. The summed E-state index contributed by atoms with van der Waals surface area (Å²) in [6.07, 6.45) is 2.02. The highest BCUT2D eigenvalue weighted by Crippen LogP contribution is 2.29. The summed E-state index contributed by atoms with van der Waals surface area (Å²) in [5, 5.41) is 2.38. The molecule has 1 aliphatic rings. The van der Waals surface area contributed by atoms with Gasteiger partial charge in [-0.25, -0.2) is 8.42 Å². The molecule has 1 amide bonds. The number of nitrogens with zero attached hydrogens (tertiary/aromatic N) is 3. The van der Waals surface area contributed by atoms with Gasteiger partial charge in [-0.1, -0.05) is 35.4 Å². The average molecular weight is 470 g/mol. The molecule has 2 aromatic heterocycles. The predicted octanol–water partition coefficient (Wildman–Crippen LogP) is 3.93. The van der Waals surface area contributed by atoms with E-state index in [1.807, 2.05) is 30.7 Å². The second-order valence-electron chi connectivity index (χ2n) is 6.97. The predicted molar refractivity (Wildman–Crippen MR) is 117 cm³/mol. The van der Waals surface area contributed by atoms with Gasteiger partial charge in [0.25, 0.3) is 15.9 Å². The molecule has 3 aromatic rings. The van der Waals surface area contributed by atoms with Gasteiger partial charge in [0.2, 0.25) is 0 Å². The zero-order valence-electron chi connectivity index (χ0n) is 16.0. The topological polar surface area (TPSA) is 71.7 Å². The molecule has 0 bridgehead atoms. The number of piperidine rings is 1. The molecular weight excluding hydrogens is 450 g/mol. The highest BCUT2D eigenvalue weighted by Gasteiger charge is 2.38. The van der Waals surface area contributed by atoms with E-state index in [2.05, 4.69) is 4.99 Å². The first-order valence-electron chi connectivity index (χ1n) is 9.19. The van der Waals surface area contributed by atoms with Gasteiger partial charge in [-0.2, -0.15) is 9.30 Å². The van der Waals surface area contributed by atoms with E-state index in [0.717, 1.165) is 40.0 Å². The van der Waals surface area contributed by atoms with Crippen LogP contribution in [0.2, 0.25) is 5.02 Å². The number of fused-ring (bicyclic) bond motifs is 1. The van der Waals surface area contributed by atoms with E-state index >= 15 is 0 Å². The first kappa shape index (κ1) is 20.7.